The molecule has 0 bridgehead atoms. The Morgan fingerprint density at radius 1 is 1.00 bits per heavy atom. The fraction of sp³-hybridized carbons (Fsp3) is 0.316. The van der Waals surface area contributed by atoms with Crippen LogP contribution in [0.1, 0.15) is 5.56 Å². The molecular formula is C19H21F2N3O. The molecule has 2 aromatic rings. The quantitative estimate of drug-likeness (QED) is 0.904. The van der Waals surface area contributed by atoms with E-state index in [9.17, 15) is 13.6 Å². The number of carbonyl (C=O) groups is 1. The van der Waals surface area contributed by atoms with E-state index in [0.717, 1.165) is 11.6 Å². The first-order chi connectivity index (χ1) is 12.1. The van der Waals surface area contributed by atoms with Crippen molar-refractivity contribution in [2.24, 2.45) is 0 Å². The Kier molecular flexibility index (Phi) is 5.60. The maximum absolute atomic E-state index is 13.8. The molecule has 132 valence electrons. The van der Waals surface area contributed by atoms with Crippen molar-refractivity contribution in [3.8, 4) is 0 Å². The van der Waals surface area contributed by atoms with Crippen LogP contribution in [-0.4, -0.2) is 43.5 Å². The number of nitrogens with zero attached hydrogens (tertiary/aromatic N) is 2. The number of anilines is 1. The average Bonchev–Trinajstić information content (AvgIpc) is 2.62. The molecule has 1 N–H and O–H groups in total. The topological polar surface area (TPSA) is 35.6 Å². The summed E-state index contributed by atoms with van der Waals surface area (Å²) in [5.74, 6) is -1.14. The number of carbonyl (C=O) groups excluding carboxylic acids is 1. The minimum absolute atomic E-state index is 0.0229. The van der Waals surface area contributed by atoms with Gasteiger partial charge in [-0.1, -0.05) is 30.3 Å². The molecule has 1 aliphatic heterocycles. The monoisotopic (exact) mass is 345 g/mol. The van der Waals surface area contributed by atoms with Crippen molar-refractivity contribution in [3.63, 3.8) is 0 Å². The van der Waals surface area contributed by atoms with Crippen LogP contribution >= 0.6 is 0 Å². The molecule has 4 nitrogen and oxygen atoms in total. The molecule has 0 unspecified atom stereocenters. The summed E-state index contributed by atoms with van der Waals surface area (Å²) in [6.45, 7) is 3.38. The molecule has 0 atom stereocenters. The van der Waals surface area contributed by atoms with Crippen LogP contribution in [0.15, 0.2) is 48.5 Å². The van der Waals surface area contributed by atoms with Crippen molar-refractivity contribution in [2.45, 2.75) is 6.54 Å². The highest BCUT2D eigenvalue weighted by molar-refractivity contribution is 5.78. The zero-order chi connectivity index (χ0) is 17.6. The predicted molar refractivity (Wildman–Crippen MR) is 93.3 cm³/mol. The molecule has 0 spiro atoms. The van der Waals surface area contributed by atoms with Crippen LogP contribution < -0.4 is 10.2 Å². The molecule has 6 heteroatoms. The second kappa shape index (κ2) is 8.07. The Hall–Kier alpha value is -2.47. The van der Waals surface area contributed by atoms with Crippen LogP contribution in [0, 0.1) is 11.6 Å². The summed E-state index contributed by atoms with van der Waals surface area (Å²) >= 11 is 0. The van der Waals surface area contributed by atoms with Gasteiger partial charge in [-0.3, -0.25) is 9.69 Å². The number of rotatable bonds is 5. The van der Waals surface area contributed by atoms with Crippen molar-refractivity contribution in [1.82, 2.24) is 10.2 Å². The van der Waals surface area contributed by atoms with Gasteiger partial charge in [0, 0.05) is 38.8 Å². The van der Waals surface area contributed by atoms with Gasteiger partial charge in [-0.05, 0) is 17.7 Å². The van der Waals surface area contributed by atoms with Crippen LogP contribution in [0.4, 0.5) is 14.5 Å². The largest absolute Gasteiger partial charge is 0.367 e. The molecule has 3 rings (SSSR count). The van der Waals surface area contributed by atoms with Crippen LogP contribution in [-0.2, 0) is 11.3 Å². The highest BCUT2D eigenvalue weighted by atomic mass is 19.1. The predicted octanol–water partition coefficient (Wildman–Crippen LogP) is 2.40. The standard InChI is InChI=1S/C19H21F2N3O/c20-16-6-7-18(17(21)12-16)24-10-8-23(9-11-24)14-19(25)22-13-15-4-2-1-3-5-15/h1-7,12H,8-11,13-14H2,(H,22,25). The van der Waals surface area contributed by atoms with Crippen molar-refractivity contribution in [1.29, 1.82) is 0 Å². The molecule has 1 fully saturated rings. The summed E-state index contributed by atoms with van der Waals surface area (Å²) in [6, 6.07) is 13.4. The van der Waals surface area contributed by atoms with Gasteiger partial charge in [-0.25, -0.2) is 8.78 Å². The summed E-state index contributed by atoms with van der Waals surface area (Å²) < 4.78 is 26.8. The molecule has 0 aliphatic carbocycles. The molecule has 1 aliphatic rings. The smallest absolute Gasteiger partial charge is 0.234 e. The third-order valence-electron chi connectivity index (χ3n) is 4.32. The third-order valence-corrected chi connectivity index (χ3v) is 4.32. The second-order valence-corrected chi connectivity index (χ2v) is 6.12. The molecule has 0 aromatic heterocycles. The number of hydrogen-bond acceptors (Lipinski definition) is 3. The highest BCUT2D eigenvalue weighted by Crippen LogP contribution is 2.21. The highest BCUT2D eigenvalue weighted by Gasteiger charge is 2.21. The number of nitrogens with one attached hydrogen (secondary N) is 1. The minimum atomic E-state index is -0.574. The van der Waals surface area contributed by atoms with Gasteiger partial charge >= 0.3 is 0 Å². The van der Waals surface area contributed by atoms with E-state index < -0.39 is 11.6 Å². The lowest BCUT2D eigenvalue weighted by Gasteiger charge is -2.35. The van der Waals surface area contributed by atoms with E-state index >= 15 is 0 Å². The lowest BCUT2D eigenvalue weighted by Crippen LogP contribution is -2.49. The fourth-order valence-electron chi connectivity index (χ4n) is 2.94. The molecule has 1 saturated heterocycles. The number of benzene rings is 2. The lowest BCUT2D eigenvalue weighted by atomic mass is 10.2. The second-order valence-electron chi connectivity index (χ2n) is 6.12. The first kappa shape index (κ1) is 17.4. The Morgan fingerprint density at radius 2 is 1.72 bits per heavy atom. The third kappa shape index (κ3) is 4.76. The summed E-state index contributed by atoms with van der Waals surface area (Å²) in [4.78, 5) is 16.0. The molecule has 0 saturated carbocycles. The molecule has 1 heterocycles. The van der Waals surface area contributed by atoms with Crippen LogP contribution in [0.5, 0.6) is 0 Å². The maximum atomic E-state index is 13.8. The van der Waals surface area contributed by atoms with E-state index in [2.05, 4.69) is 5.32 Å². The van der Waals surface area contributed by atoms with Gasteiger partial charge in [0.25, 0.3) is 0 Å². The van der Waals surface area contributed by atoms with Gasteiger partial charge < -0.3 is 10.2 Å². The normalized spacial score (nSPS) is 15.2. The summed E-state index contributed by atoms with van der Waals surface area (Å²) in [5.41, 5.74) is 1.47. The van der Waals surface area contributed by atoms with Crippen molar-refractivity contribution in [2.75, 3.05) is 37.6 Å². The molecular weight excluding hydrogens is 324 g/mol. The van der Waals surface area contributed by atoms with Gasteiger partial charge in [0.05, 0.1) is 12.2 Å². The Balaban J connectivity index is 1.45. The minimum Gasteiger partial charge on any atom is -0.367 e. The van der Waals surface area contributed by atoms with Gasteiger partial charge in [0.1, 0.15) is 11.6 Å². The zero-order valence-electron chi connectivity index (χ0n) is 13.9. The van der Waals surface area contributed by atoms with E-state index in [0.29, 0.717) is 45.0 Å². The Morgan fingerprint density at radius 3 is 2.40 bits per heavy atom. The summed E-state index contributed by atoms with van der Waals surface area (Å²) in [7, 11) is 0. The van der Waals surface area contributed by atoms with E-state index in [-0.39, 0.29) is 5.91 Å². The SMILES string of the molecule is O=C(CN1CCN(c2ccc(F)cc2F)CC1)NCc1ccccc1. The van der Waals surface area contributed by atoms with E-state index in [1.165, 1.54) is 12.1 Å². The van der Waals surface area contributed by atoms with E-state index in [1.54, 1.807) is 0 Å². The number of hydrogen-bond donors (Lipinski definition) is 1. The van der Waals surface area contributed by atoms with Crippen molar-refractivity contribution >= 4 is 11.6 Å². The zero-order valence-corrected chi connectivity index (χ0v) is 13.9. The number of halogens is 2. The van der Waals surface area contributed by atoms with Gasteiger partial charge in [-0.15, -0.1) is 0 Å². The van der Waals surface area contributed by atoms with Crippen LogP contribution in [0.3, 0.4) is 0 Å². The van der Waals surface area contributed by atoms with E-state index in [4.69, 9.17) is 0 Å². The van der Waals surface area contributed by atoms with E-state index in [1.807, 2.05) is 40.1 Å². The summed E-state index contributed by atoms with van der Waals surface area (Å²) in [5, 5.41) is 2.91. The maximum Gasteiger partial charge on any atom is 0.234 e. The lowest BCUT2D eigenvalue weighted by molar-refractivity contribution is -0.122. The molecule has 25 heavy (non-hydrogen) atoms. The first-order valence-corrected chi connectivity index (χ1v) is 8.35. The molecule has 0 radical (unpaired) electrons. The average molecular weight is 345 g/mol. The van der Waals surface area contributed by atoms with Gasteiger partial charge in [-0.2, -0.15) is 0 Å². The Labute approximate surface area is 146 Å². The number of piperazine rings is 1. The van der Waals surface area contributed by atoms with Crippen LogP contribution in [0.2, 0.25) is 0 Å². The fourth-order valence-corrected chi connectivity index (χ4v) is 2.94. The van der Waals surface area contributed by atoms with Gasteiger partial charge in [0.15, 0.2) is 0 Å². The van der Waals surface area contributed by atoms with Gasteiger partial charge in [0.2, 0.25) is 5.91 Å². The van der Waals surface area contributed by atoms with Crippen LogP contribution in [0.25, 0.3) is 0 Å². The Bertz CT molecular complexity index is 716. The number of amides is 1. The first-order valence-electron chi connectivity index (χ1n) is 8.35. The van der Waals surface area contributed by atoms with Crippen molar-refractivity contribution < 1.29 is 13.6 Å². The molecule has 2 aromatic carbocycles. The molecule has 1 amide bonds. The summed E-state index contributed by atoms with van der Waals surface area (Å²) in [6.07, 6.45) is 0. The van der Waals surface area contributed by atoms with Crippen molar-refractivity contribution in [3.05, 3.63) is 65.7 Å².